The first-order valence-corrected chi connectivity index (χ1v) is 10.4. The summed E-state index contributed by atoms with van der Waals surface area (Å²) in [7, 11) is 0. The molecule has 2 rings (SSSR count). The van der Waals surface area contributed by atoms with Gasteiger partial charge in [0.1, 0.15) is 0 Å². The van der Waals surface area contributed by atoms with Gasteiger partial charge in [0.25, 0.3) is 0 Å². The van der Waals surface area contributed by atoms with Gasteiger partial charge in [-0.15, -0.1) is 10.2 Å². The smallest absolute Gasteiger partial charge is 0.230 e. The highest BCUT2D eigenvalue weighted by atomic mass is 32.2. The van der Waals surface area contributed by atoms with Gasteiger partial charge in [0.2, 0.25) is 11.9 Å². The van der Waals surface area contributed by atoms with Crippen LogP contribution in [0.1, 0.15) is 41.0 Å². The predicted molar refractivity (Wildman–Crippen MR) is 106 cm³/mol. The first-order chi connectivity index (χ1) is 12.3. The number of carbonyl (C=O) groups is 1. The summed E-state index contributed by atoms with van der Waals surface area (Å²) in [5.74, 6) is 1.78. The molecule has 0 saturated carbocycles. The standard InChI is InChI=1S/C18H33N5O2S/c1-14(2)12-23-16(22-8-10-25-11-9-22)20-21-17(23)26-13-15(24)19-7-6-18(3,4)5/h14H,6-13H2,1-5H3,(H,19,24). The number of anilines is 1. The molecule has 0 aromatic carbocycles. The number of ether oxygens (including phenoxy) is 1. The predicted octanol–water partition coefficient (Wildman–Crippen LogP) is 2.42. The summed E-state index contributed by atoms with van der Waals surface area (Å²) < 4.78 is 7.57. The van der Waals surface area contributed by atoms with Crippen molar-refractivity contribution in [2.45, 2.75) is 52.7 Å². The van der Waals surface area contributed by atoms with Gasteiger partial charge in [-0.05, 0) is 17.8 Å². The number of carbonyl (C=O) groups excluding carboxylic acids is 1. The molecule has 1 aromatic heterocycles. The third kappa shape index (κ3) is 6.79. The summed E-state index contributed by atoms with van der Waals surface area (Å²) >= 11 is 1.46. The third-order valence-electron chi connectivity index (χ3n) is 4.07. The lowest BCUT2D eigenvalue weighted by atomic mass is 9.92. The number of aromatic nitrogens is 3. The summed E-state index contributed by atoms with van der Waals surface area (Å²) in [5, 5.41) is 12.6. The van der Waals surface area contributed by atoms with E-state index in [1.54, 1.807) is 0 Å². The molecule has 2 heterocycles. The van der Waals surface area contributed by atoms with Crippen molar-refractivity contribution in [2.75, 3.05) is 43.5 Å². The number of nitrogens with one attached hydrogen (secondary N) is 1. The Morgan fingerprint density at radius 2 is 1.96 bits per heavy atom. The molecular formula is C18H33N5O2S. The molecule has 0 spiro atoms. The van der Waals surface area contributed by atoms with Crippen LogP contribution in [0.4, 0.5) is 5.95 Å². The minimum absolute atomic E-state index is 0.0475. The molecule has 1 amide bonds. The van der Waals surface area contributed by atoms with Crippen LogP contribution in [0.2, 0.25) is 0 Å². The normalized spacial score (nSPS) is 15.5. The van der Waals surface area contributed by atoms with Crippen LogP contribution < -0.4 is 10.2 Å². The van der Waals surface area contributed by atoms with Crippen molar-refractivity contribution >= 4 is 23.6 Å². The van der Waals surface area contributed by atoms with E-state index in [0.717, 1.165) is 37.2 Å². The zero-order valence-corrected chi connectivity index (χ0v) is 17.6. The largest absolute Gasteiger partial charge is 0.378 e. The van der Waals surface area contributed by atoms with Crippen LogP contribution in [0.25, 0.3) is 0 Å². The summed E-state index contributed by atoms with van der Waals surface area (Å²) in [5.41, 5.74) is 0.227. The summed E-state index contributed by atoms with van der Waals surface area (Å²) in [6.45, 7) is 15.5. The van der Waals surface area contributed by atoms with Crippen molar-refractivity contribution in [1.29, 1.82) is 0 Å². The number of rotatable bonds is 8. The Balaban J connectivity index is 1.95. The number of hydrogen-bond donors (Lipinski definition) is 1. The third-order valence-corrected chi connectivity index (χ3v) is 5.04. The molecule has 0 unspecified atom stereocenters. The molecule has 1 fully saturated rings. The monoisotopic (exact) mass is 383 g/mol. The Morgan fingerprint density at radius 1 is 1.27 bits per heavy atom. The zero-order chi connectivity index (χ0) is 19.2. The molecule has 1 saturated heterocycles. The van der Waals surface area contributed by atoms with Gasteiger partial charge in [-0.2, -0.15) is 0 Å². The Morgan fingerprint density at radius 3 is 2.58 bits per heavy atom. The summed E-state index contributed by atoms with van der Waals surface area (Å²) in [6.07, 6.45) is 0.966. The second-order valence-electron chi connectivity index (χ2n) is 8.34. The Hall–Kier alpha value is -1.28. The molecule has 0 bridgehead atoms. The van der Waals surface area contributed by atoms with Crippen molar-refractivity contribution in [3.8, 4) is 0 Å². The van der Waals surface area contributed by atoms with Crippen LogP contribution in [0, 0.1) is 11.3 Å². The number of hydrogen-bond acceptors (Lipinski definition) is 6. The van der Waals surface area contributed by atoms with Gasteiger partial charge in [0.15, 0.2) is 5.16 Å². The van der Waals surface area contributed by atoms with Crippen molar-refractivity contribution < 1.29 is 9.53 Å². The van der Waals surface area contributed by atoms with Crippen LogP contribution in [0.5, 0.6) is 0 Å². The maximum Gasteiger partial charge on any atom is 0.230 e. The van der Waals surface area contributed by atoms with Gasteiger partial charge in [-0.1, -0.05) is 46.4 Å². The summed E-state index contributed by atoms with van der Waals surface area (Å²) in [4.78, 5) is 14.3. The van der Waals surface area contributed by atoms with E-state index in [1.165, 1.54) is 11.8 Å². The van der Waals surface area contributed by atoms with Crippen LogP contribution >= 0.6 is 11.8 Å². The van der Waals surface area contributed by atoms with E-state index in [2.05, 4.69) is 59.6 Å². The van der Waals surface area contributed by atoms with Crippen LogP contribution in [-0.4, -0.2) is 59.3 Å². The van der Waals surface area contributed by atoms with E-state index in [9.17, 15) is 4.79 Å². The second kappa shape index (κ2) is 9.60. The minimum Gasteiger partial charge on any atom is -0.378 e. The minimum atomic E-state index is 0.0475. The van der Waals surface area contributed by atoms with Gasteiger partial charge < -0.3 is 15.0 Å². The molecule has 0 atom stereocenters. The van der Waals surface area contributed by atoms with E-state index in [1.807, 2.05) is 0 Å². The number of morpholine rings is 1. The molecular weight excluding hydrogens is 350 g/mol. The fraction of sp³-hybridized carbons (Fsp3) is 0.833. The van der Waals surface area contributed by atoms with Gasteiger partial charge >= 0.3 is 0 Å². The lowest BCUT2D eigenvalue weighted by molar-refractivity contribution is -0.118. The van der Waals surface area contributed by atoms with Crippen LogP contribution in [0.3, 0.4) is 0 Å². The van der Waals surface area contributed by atoms with Gasteiger partial charge in [-0.3, -0.25) is 9.36 Å². The molecule has 7 nitrogen and oxygen atoms in total. The Labute approximate surface area is 161 Å². The molecule has 1 N–H and O–H groups in total. The highest BCUT2D eigenvalue weighted by Crippen LogP contribution is 2.24. The molecule has 1 aliphatic heterocycles. The average Bonchev–Trinajstić information content (AvgIpc) is 2.94. The second-order valence-corrected chi connectivity index (χ2v) is 9.28. The van der Waals surface area contributed by atoms with Crippen molar-refractivity contribution in [3.05, 3.63) is 0 Å². The van der Waals surface area contributed by atoms with Gasteiger partial charge in [0.05, 0.1) is 19.0 Å². The molecule has 0 radical (unpaired) electrons. The molecule has 26 heavy (non-hydrogen) atoms. The van der Waals surface area contributed by atoms with Crippen LogP contribution in [0.15, 0.2) is 5.16 Å². The number of nitrogens with zero attached hydrogens (tertiary/aromatic N) is 4. The molecule has 8 heteroatoms. The molecule has 0 aliphatic carbocycles. The molecule has 1 aliphatic rings. The molecule has 148 valence electrons. The fourth-order valence-corrected chi connectivity index (χ4v) is 3.44. The van der Waals surface area contributed by atoms with E-state index >= 15 is 0 Å². The lowest BCUT2D eigenvalue weighted by Gasteiger charge is -2.28. The first-order valence-electron chi connectivity index (χ1n) is 9.41. The maximum atomic E-state index is 12.1. The van der Waals surface area contributed by atoms with Crippen molar-refractivity contribution in [3.63, 3.8) is 0 Å². The number of amides is 1. The van der Waals surface area contributed by atoms with E-state index in [0.29, 0.717) is 31.4 Å². The van der Waals surface area contributed by atoms with Crippen molar-refractivity contribution in [1.82, 2.24) is 20.1 Å². The lowest BCUT2D eigenvalue weighted by Crippen LogP contribution is -2.38. The van der Waals surface area contributed by atoms with E-state index < -0.39 is 0 Å². The zero-order valence-electron chi connectivity index (χ0n) is 16.7. The fourth-order valence-electron chi connectivity index (χ4n) is 2.67. The maximum absolute atomic E-state index is 12.1. The highest BCUT2D eigenvalue weighted by molar-refractivity contribution is 7.99. The van der Waals surface area contributed by atoms with Gasteiger partial charge in [0, 0.05) is 26.2 Å². The van der Waals surface area contributed by atoms with Crippen LogP contribution in [-0.2, 0) is 16.1 Å². The Kier molecular flexibility index (Phi) is 7.76. The quantitative estimate of drug-likeness (QED) is 0.695. The van der Waals surface area contributed by atoms with E-state index in [-0.39, 0.29) is 11.3 Å². The summed E-state index contributed by atoms with van der Waals surface area (Å²) in [6, 6.07) is 0. The Bertz CT molecular complexity index is 577. The number of thioether (sulfide) groups is 1. The topological polar surface area (TPSA) is 72.3 Å². The highest BCUT2D eigenvalue weighted by Gasteiger charge is 2.21. The van der Waals surface area contributed by atoms with Crippen molar-refractivity contribution in [2.24, 2.45) is 11.3 Å². The SMILES string of the molecule is CC(C)Cn1c(SCC(=O)NCCC(C)(C)C)nnc1N1CCOCC1. The first kappa shape index (κ1) is 21.0. The van der Waals surface area contributed by atoms with Gasteiger partial charge in [-0.25, -0.2) is 0 Å². The average molecular weight is 384 g/mol. The molecule has 1 aromatic rings. The van der Waals surface area contributed by atoms with E-state index in [4.69, 9.17) is 4.74 Å².